The molecule has 0 aliphatic heterocycles. The first-order valence-electron chi connectivity index (χ1n) is 11.4. The van der Waals surface area contributed by atoms with Crippen molar-refractivity contribution in [3.8, 4) is 22.8 Å². The Morgan fingerprint density at radius 3 is 2.45 bits per heavy atom. The number of hydrogen-bond acceptors (Lipinski definition) is 6. The van der Waals surface area contributed by atoms with E-state index >= 15 is 0 Å². The smallest absolute Gasteiger partial charge is 0.280 e. The minimum absolute atomic E-state index is 0.0685. The van der Waals surface area contributed by atoms with Gasteiger partial charge in [0.1, 0.15) is 22.8 Å². The van der Waals surface area contributed by atoms with Crippen LogP contribution in [0.3, 0.4) is 0 Å². The van der Waals surface area contributed by atoms with Gasteiger partial charge in [-0.25, -0.2) is 18.3 Å². The quantitative estimate of drug-likeness (QED) is 0.193. The van der Waals surface area contributed by atoms with Crippen LogP contribution in [0.15, 0.2) is 85.1 Å². The zero-order valence-corrected chi connectivity index (χ0v) is 19.8. The Morgan fingerprint density at radius 2 is 1.76 bits per heavy atom. The molecule has 9 nitrogen and oxygen atoms in total. The number of halogens is 2. The van der Waals surface area contributed by atoms with Crippen molar-refractivity contribution >= 4 is 22.9 Å². The van der Waals surface area contributed by atoms with Crippen molar-refractivity contribution in [1.29, 1.82) is 0 Å². The summed E-state index contributed by atoms with van der Waals surface area (Å²) in [4.78, 5) is 28.5. The number of anilines is 1. The second-order valence-electron chi connectivity index (χ2n) is 8.37. The van der Waals surface area contributed by atoms with Crippen LogP contribution >= 0.6 is 0 Å². The number of aryl methyl sites for hydroxylation is 1. The van der Waals surface area contributed by atoms with Crippen molar-refractivity contribution in [1.82, 2.24) is 14.6 Å². The maximum absolute atomic E-state index is 13.8. The Bertz CT molecular complexity index is 1650. The molecule has 5 rings (SSSR count). The Kier molecular flexibility index (Phi) is 6.48. The molecule has 0 aliphatic carbocycles. The summed E-state index contributed by atoms with van der Waals surface area (Å²) in [5, 5.41) is 18.0. The molecule has 0 radical (unpaired) electrons. The number of ether oxygens (including phenoxy) is 1. The van der Waals surface area contributed by atoms with Crippen LogP contribution in [0.2, 0.25) is 0 Å². The van der Waals surface area contributed by atoms with Gasteiger partial charge in [-0.15, -0.1) is 0 Å². The lowest BCUT2D eigenvalue weighted by Crippen LogP contribution is -2.13. The molecule has 0 spiro atoms. The molecule has 5 aromatic rings. The predicted molar refractivity (Wildman–Crippen MR) is 136 cm³/mol. The summed E-state index contributed by atoms with van der Waals surface area (Å²) in [6.45, 7) is 1.91. The number of alkyl halides is 2. The standard InChI is InChI=1S/C27H19F2N5O4/c1-16-7-9-20(10-8-16)38-21-12-18(11-19(13-21)34(36)37)31-27(35)22-15-30-33-24(25(28)29)14-23(32-26(22)33)17-5-3-2-4-6-17/h2-15,25H,1H3,(H,31,35). The molecule has 190 valence electrons. The number of rotatable bonds is 7. The average molecular weight is 515 g/mol. The largest absolute Gasteiger partial charge is 0.457 e. The number of nitro groups is 1. The third-order valence-electron chi connectivity index (χ3n) is 5.65. The highest BCUT2D eigenvalue weighted by atomic mass is 19.3. The van der Waals surface area contributed by atoms with E-state index in [1.165, 1.54) is 24.3 Å². The molecule has 2 heterocycles. The van der Waals surface area contributed by atoms with Gasteiger partial charge in [0.25, 0.3) is 18.0 Å². The van der Waals surface area contributed by atoms with E-state index in [-0.39, 0.29) is 34.0 Å². The van der Waals surface area contributed by atoms with Crippen molar-refractivity contribution in [2.45, 2.75) is 13.3 Å². The number of nitro benzene ring substituents is 1. The lowest BCUT2D eigenvalue weighted by molar-refractivity contribution is -0.384. The van der Waals surface area contributed by atoms with Crippen molar-refractivity contribution in [2.24, 2.45) is 0 Å². The van der Waals surface area contributed by atoms with Gasteiger partial charge in [-0.1, -0.05) is 48.0 Å². The van der Waals surface area contributed by atoms with E-state index in [0.29, 0.717) is 11.3 Å². The zero-order chi connectivity index (χ0) is 26.8. The highest BCUT2D eigenvalue weighted by molar-refractivity contribution is 6.08. The molecule has 0 unspecified atom stereocenters. The molecule has 0 aliphatic rings. The summed E-state index contributed by atoms with van der Waals surface area (Å²) >= 11 is 0. The van der Waals surface area contributed by atoms with E-state index in [4.69, 9.17) is 4.74 Å². The van der Waals surface area contributed by atoms with Crippen LogP contribution in [0.5, 0.6) is 11.5 Å². The highest BCUT2D eigenvalue weighted by Crippen LogP contribution is 2.31. The van der Waals surface area contributed by atoms with Gasteiger partial charge in [0.2, 0.25) is 0 Å². The molecule has 0 bridgehead atoms. The molecule has 11 heteroatoms. The van der Waals surface area contributed by atoms with Gasteiger partial charge in [-0.2, -0.15) is 5.10 Å². The number of carbonyl (C=O) groups excluding carboxylic acids is 1. The number of carbonyl (C=O) groups is 1. The first kappa shape index (κ1) is 24.5. The Morgan fingerprint density at radius 1 is 1.03 bits per heavy atom. The maximum Gasteiger partial charge on any atom is 0.280 e. The molecule has 2 aromatic heterocycles. The minimum atomic E-state index is -2.88. The van der Waals surface area contributed by atoms with E-state index in [1.54, 1.807) is 42.5 Å². The number of amides is 1. The topological polar surface area (TPSA) is 112 Å². The maximum atomic E-state index is 13.8. The summed E-state index contributed by atoms with van der Waals surface area (Å²) in [6.07, 6.45) is -1.75. The fourth-order valence-electron chi connectivity index (χ4n) is 3.82. The Labute approximate surface area is 214 Å². The number of nitrogens with one attached hydrogen (secondary N) is 1. The molecule has 1 amide bonds. The van der Waals surface area contributed by atoms with Crippen LogP contribution in [0.1, 0.15) is 28.0 Å². The van der Waals surface area contributed by atoms with Crippen molar-refractivity contribution in [3.63, 3.8) is 0 Å². The van der Waals surface area contributed by atoms with Crippen molar-refractivity contribution < 1.29 is 23.2 Å². The average Bonchev–Trinajstić information content (AvgIpc) is 3.34. The lowest BCUT2D eigenvalue weighted by Gasteiger charge is -2.10. The van der Waals surface area contributed by atoms with Crippen LogP contribution in [0.4, 0.5) is 20.2 Å². The van der Waals surface area contributed by atoms with Gasteiger partial charge < -0.3 is 10.1 Å². The second-order valence-corrected chi connectivity index (χ2v) is 8.37. The number of non-ortho nitro benzene ring substituents is 1. The van der Waals surface area contributed by atoms with E-state index in [2.05, 4.69) is 15.4 Å². The normalized spacial score (nSPS) is 11.1. The summed E-state index contributed by atoms with van der Waals surface area (Å²) in [5.41, 5.74) is 0.994. The molecular formula is C27H19F2N5O4. The van der Waals surface area contributed by atoms with Gasteiger partial charge in [-0.05, 0) is 25.1 Å². The van der Waals surface area contributed by atoms with Gasteiger partial charge in [-0.3, -0.25) is 14.9 Å². The summed E-state index contributed by atoms with van der Waals surface area (Å²) in [5.74, 6) is -0.157. The molecule has 0 saturated heterocycles. The molecule has 3 aromatic carbocycles. The van der Waals surface area contributed by atoms with Crippen molar-refractivity contribution in [2.75, 3.05) is 5.32 Å². The minimum Gasteiger partial charge on any atom is -0.457 e. The van der Waals surface area contributed by atoms with Crippen molar-refractivity contribution in [3.05, 3.63) is 112 Å². The molecule has 1 N–H and O–H groups in total. The van der Waals surface area contributed by atoms with Crippen LogP contribution in [0, 0.1) is 17.0 Å². The summed E-state index contributed by atoms with van der Waals surface area (Å²) in [6, 6.07) is 20.8. The Hall–Kier alpha value is -5.19. The van der Waals surface area contributed by atoms with Crippen LogP contribution in [-0.4, -0.2) is 25.4 Å². The Balaban J connectivity index is 1.51. The fourth-order valence-corrected chi connectivity index (χ4v) is 3.82. The molecule has 0 fully saturated rings. The van der Waals surface area contributed by atoms with E-state index in [9.17, 15) is 23.7 Å². The van der Waals surface area contributed by atoms with Gasteiger partial charge in [0, 0.05) is 17.7 Å². The number of aromatic nitrogens is 3. The lowest BCUT2D eigenvalue weighted by atomic mass is 10.1. The number of hydrogen-bond donors (Lipinski definition) is 1. The van der Waals surface area contributed by atoms with Gasteiger partial charge in [0.05, 0.1) is 28.6 Å². The number of fused-ring (bicyclic) bond motifs is 1. The molecular weight excluding hydrogens is 496 g/mol. The van der Waals surface area contributed by atoms with Crippen LogP contribution < -0.4 is 10.1 Å². The SMILES string of the molecule is Cc1ccc(Oc2cc(NC(=O)c3cnn4c(C(F)F)cc(-c5ccccc5)nc34)cc([N+](=O)[O-])c2)cc1. The molecule has 0 saturated carbocycles. The number of nitrogens with zero attached hydrogens (tertiary/aromatic N) is 4. The molecule has 0 atom stereocenters. The first-order valence-corrected chi connectivity index (χ1v) is 11.4. The van der Waals surface area contributed by atoms with E-state index < -0.39 is 22.9 Å². The first-order chi connectivity index (χ1) is 18.3. The third kappa shape index (κ3) is 5.03. The predicted octanol–water partition coefficient (Wildman–Crippen LogP) is 6.60. The molecule has 38 heavy (non-hydrogen) atoms. The van der Waals surface area contributed by atoms with Gasteiger partial charge >= 0.3 is 0 Å². The van der Waals surface area contributed by atoms with E-state index in [1.807, 2.05) is 19.1 Å². The highest BCUT2D eigenvalue weighted by Gasteiger charge is 2.22. The summed E-state index contributed by atoms with van der Waals surface area (Å²) in [7, 11) is 0. The summed E-state index contributed by atoms with van der Waals surface area (Å²) < 4.78 is 34.4. The third-order valence-corrected chi connectivity index (χ3v) is 5.65. The van der Waals surface area contributed by atoms with E-state index in [0.717, 1.165) is 16.3 Å². The zero-order valence-electron chi connectivity index (χ0n) is 19.8. The van der Waals surface area contributed by atoms with Crippen LogP contribution in [0.25, 0.3) is 16.9 Å². The second kappa shape index (κ2) is 10.1. The fraction of sp³-hybridized carbons (Fsp3) is 0.0741. The number of benzene rings is 3. The van der Waals surface area contributed by atoms with Crippen LogP contribution in [-0.2, 0) is 0 Å². The monoisotopic (exact) mass is 515 g/mol. The van der Waals surface area contributed by atoms with Gasteiger partial charge in [0.15, 0.2) is 5.65 Å².